The number of nitrogens with one attached hydrogen (secondary N) is 1. The second-order valence-electron chi connectivity index (χ2n) is 6.45. The molecule has 0 bridgehead atoms. The molecule has 2 aromatic carbocycles. The molecule has 1 aliphatic heterocycles. The molecule has 1 unspecified atom stereocenters. The van der Waals surface area contributed by atoms with Crippen molar-refractivity contribution in [3.8, 4) is 22.8 Å². The molecule has 2 heterocycles. The Morgan fingerprint density at radius 1 is 1.14 bits per heavy atom. The summed E-state index contributed by atoms with van der Waals surface area (Å²) in [7, 11) is 1.61. The molecule has 0 saturated heterocycles. The van der Waals surface area contributed by atoms with E-state index in [9.17, 15) is 4.79 Å². The summed E-state index contributed by atoms with van der Waals surface area (Å²) < 4.78 is 13.0. The predicted molar refractivity (Wildman–Crippen MR) is 110 cm³/mol. The van der Waals surface area contributed by atoms with Crippen LogP contribution in [0.1, 0.15) is 6.92 Å². The topological polar surface area (TPSA) is 65.4 Å². The quantitative estimate of drug-likeness (QED) is 0.682. The lowest BCUT2D eigenvalue weighted by Crippen LogP contribution is -2.30. The fraction of sp³-hybridized carbons (Fsp3) is 0.238. The Hall–Kier alpha value is -2.93. The summed E-state index contributed by atoms with van der Waals surface area (Å²) in [5, 5.41) is 3.95. The van der Waals surface area contributed by atoms with Gasteiger partial charge in [-0.15, -0.1) is 0 Å². The van der Waals surface area contributed by atoms with Crippen LogP contribution in [0, 0.1) is 0 Å². The Labute approximate surface area is 167 Å². The molecular formula is C21H21N3O3S. The van der Waals surface area contributed by atoms with E-state index in [0.717, 1.165) is 40.1 Å². The number of imidazole rings is 1. The molecule has 0 fully saturated rings. The molecule has 6 nitrogen and oxygen atoms in total. The van der Waals surface area contributed by atoms with E-state index >= 15 is 0 Å². The highest BCUT2D eigenvalue weighted by molar-refractivity contribution is 7.99. The van der Waals surface area contributed by atoms with Crippen LogP contribution in [-0.4, -0.2) is 34.4 Å². The molecule has 3 aromatic rings. The fourth-order valence-electron chi connectivity index (χ4n) is 2.93. The summed E-state index contributed by atoms with van der Waals surface area (Å²) in [6.45, 7) is 2.73. The zero-order valence-electron chi connectivity index (χ0n) is 15.7. The maximum atomic E-state index is 12.4. The van der Waals surface area contributed by atoms with Crippen molar-refractivity contribution in [2.45, 2.75) is 24.7 Å². The number of carbonyl (C=O) groups is 1. The zero-order chi connectivity index (χ0) is 19.5. The van der Waals surface area contributed by atoms with Crippen molar-refractivity contribution in [2.24, 2.45) is 0 Å². The van der Waals surface area contributed by atoms with Crippen LogP contribution in [0.3, 0.4) is 0 Å². The summed E-state index contributed by atoms with van der Waals surface area (Å²) in [6.07, 6.45) is 1.45. The van der Waals surface area contributed by atoms with Crippen molar-refractivity contribution in [3.63, 3.8) is 0 Å². The van der Waals surface area contributed by atoms with E-state index in [2.05, 4.69) is 21.1 Å². The first kappa shape index (κ1) is 18.4. The second-order valence-corrected chi connectivity index (χ2v) is 7.51. The zero-order valence-corrected chi connectivity index (χ0v) is 16.5. The summed E-state index contributed by atoms with van der Waals surface area (Å²) in [4.78, 5) is 17.1. The van der Waals surface area contributed by atoms with Gasteiger partial charge in [-0.3, -0.25) is 4.79 Å². The van der Waals surface area contributed by atoms with Crippen molar-refractivity contribution in [1.82, 2.24) is 9.55 Å². The number of carbonyl (C=O) groups excluding carboxylic acids is 1. The Morgan fingerprint density at radius 2 is 1.86 bits per heavy atom. The van der Waals surface area contributed by atoms with E-state index in [0.29, 0.717) is 5.75 Å². The lowest BCUT2D eigenvalue weighted by Gasteiger charge is -2.15. The van der Waals surface area contributed by atoms with E-state index in [-0.39, 0.29) is 5.91 Å². The molecule has 1 aliphatic rings. The molecule has 1 N–H and O–H groups in total. The van der Waals surface area contributed by atoms with Gasteiger partial charge in [0.25, 0.3) is 5.91 Å². The SMILES string of the molecule is COc1ccc(OC(C)C(=O)Nc2ccc(-c3cn4c(n3)SCC4)cc2)cc1. The number of aryl methyl sites for hydroxylation is 1. The third kappa shape index (κ3) is 3.99. The number of methoxy groups -OCH3 is 1. The van der Waals surface area contributed by atoms with Crippen molar-refractivity contribution in [3.05, 3.63) is 54.7 Å². The molecule has 1 atom stereocenters. The number of fused-ring (bicyclic) bond motifs is 1. The van der Waals surface area contributed by atoms with Gasteiger partial charge in [-0.1, -0.05) is 23.9 Å². The van der Waals surface area contributed by atoms with Crippen molar-refractivity contribution < 1.29 is 14.3 Å². The number of hydrogen-bond acceptors (Lipinski definition) is 5. The van der Waals surface area contributed by atoms with Gasteiger partial charge in [0.1, 0.15) is 11.5 Å². The molecule has 1 amide bonds. The van der Waals surface area contributed by atoms with Crippen LogP contribution in [0.15, 0.2) is 59.9 Å². The molecule has 0 radical (unpaired) electrons. The highest BCUT2D eigenvalue weighted by Gasteiger charge is 2.17. The largest absolute Gasteiger partial charge is 0.497 e. The van der Waals surface area contributed by atoms with E-state index in [1.807, 2.05) is 24.3 Å². The Kier molecular flexibility index (Phi) is 5.25. The van der Waals surface area contributed by atoms with Gasteiger partial charge in [0.2, 0.25) is 0 Å². The van der Waals surface area contributed by atoms with Gasteiger partial charge in [-0.25, -0.2) is 4.98 Å². The van der Waals surface area contributed by atoms with E-state index < -0.39 is 6.10 Å². The Morgan fingerprint density at radius 3 is 2.54 bits per heavy atom. The van der Waals surface area contributed by atoms with Gasteiger partial charge in [0.15, 0.2) is 11.3 Å². The highest BCUT2D eigenvalue weighted by atomic mass is 32.2. The number of thioether (sulfide) groups is 1. The summed E-state index contributed by atoms with van der Waals surface area (Å²) >= 11 is 1.77. The van der Waals surface area contributed by atoms with Crippen LogP contribution in [0.25, 0.3) is 11.3 Å². The van der Waals surface area contributed by atoms with Crippen LogP contribution in [0.4, 0.5) is 5.69 Å². The first-order valence-electron chi connectivity index (χ1n) is 9.04. The van der Waals surface area contributed by atoms with Crippen LogP contribution in [0.2, 0.25) is 0 Å². The summed E-state index contributed by atoms with van der Waals surface area (Å²) in [6, 6.07) is 14.8. The number of ether oxygens (including phenoxy) is 2. The van der Waals surface area contributed by atoms with Crippen LogP contribution >= 0.6 is 11.8 Å². The maximum Gasteiger partial charge on any atom is 0.265 e. The predicted octanol–water partition coefficient (Wildman–Crippen LogP) is 4.07. The molecule has 144 valence electrons. The average molecular weight is 395 g/mol. The van der Waals surface area contributed by atoms with Crippen LogP contribution in [0.5, 0.6) is 11.5 Å². The first-order chi connectivity index (χ1) is 13.6. The number of nitrogens with zero attached hydrogens (tertiary/aromatic N) is 2. The lowest BCUT2D eigenvalue weighted by atomic mass is 10.1. The number of benzene rings is 2. The third-order valence-electron chi connectivity index (χ3n) is 4.49. The van der Waals surface area contributed by atoms with Gasteiger partial charge in [-0.05, 0) is 43.3 Å². The normalized spacial score (nSPS) is 13.6. The van der Waals surface area contributed by atoms with E-state index in [1.54, 1.807) is 50.1 Å². The van der Waals surface area contributed by atoms with Crippen LogP contribution < -0.4 is 14.8 Å². The van der Waals surface area contributed by atoms with Crippen LogP contribution in [-0.2, 0) is 11.3 Å². The third-order valence-corrected chi connectivity index (χ3v) is 5.46. The standard InChI is InChI=1S/C21H21N3O3S/c1-14(27-18-9-7-17(26-2)8-10-18)20(25)22-16-5-3-15(4-6-16)19-13-24-11-12-28-21(24)23-19/h3-10,13-14H,11-12H2,1-2H3,(H,22,25). The van der Waals surface area contributed by atoms with Crippen molar-refractivity contribution in [1.29, 1.82) is 0 Å². The Bertz CT molecular complexity index is 946. The van der Waals surface area contributed by atoms with Gasteiger partial charge in [-0.2, -0.15) is 0 Å². The molecule has 1 aromatic heterocycles. The number of anilines is 1. The highest BCUT2D eigenvalue weighted by Crippen LogP contribution is 2.29. The molecule has 0 aliphatic carbocycles. The molecule has 28 heavy (non-hydrogen) atoms. The minimum absolute atomic E-state index is 0.207. The summed E-state index contributed by atoms with van der Waals surface area (Å²) in [5.41, 5.74) is 2.71. The average Bonchev–Trinajstić information content (AvgIpc) is 3.31. The minimum Gasteiger partial charge on any atom is -0.497 e. The maximum absolute atomic E-state index is 12.4. The second kappa shape index (κ2) is 7.98. The minimum atomic E-state index is -0.624. The number of rotatable bonds is 6. The number of amides is 1. The van der Waals surface area contributed by atoms with Gasteiger partial charge >= 0.3 is 0 Å². The fourth-order valence-corrected chi connectivity index (χ4v) is 3.87. The smallest absolute Gasteiger partial charge is 0.265 e. The lowest BCUT2D eigenvalue weighted by molar-refractivity contribution is -0.122. The summed E-state index contributed by atoms with van der Waals surface area (Å²) in [5.74, 6) is 2.24. The van der Waals surface area contributed by atoms with E-state index in [4.69, 9.17) is 9.47 Å². The van der Waals surface area contributed by atoms with E-state index in [1.165, 1.54) is 0 Å². The molecule has 0 spiro atoms. The van der Waals surface area contributed by atoms with Crippen molar-refractivity contribution >= 4 is 23.4 Å². The Balaban J connectivity index is 1.36. The molecule has 0 saturated carbocycles. The van der Waals surface area contributed by atoms with Gasteiger partial charge in [0, 0.05) is 29.7 Å². The molecular weight excluding hydrogens is 374 g/mol. The molecule has 7 heteroatoms. The molecule has 4 rings (SSSR count). The van der Waals surface area contributed by atoms with Crippen molar-refractivity contribution in [2.75, 3.05) is 18.2 Å². The number of hydrogen-bond donors (Lipinski definition) is 1. The first-order valence-corrected chi connectivity index (χ1v) is 10.0. The van der Waals surface area contributed by atoms with Gasteiger partial charge in [0.05, 0.1) is 12.8 Å². The number of aromatic nitrogens is 2. The monoisotopic (exact) mass is 395 g/mol. The van der Waals surface area contributed by atoms with Gasteiger partial charge < -0.3 is 19.4 Å².